The minimum atomic E-state index is -0.513. The summed E-state index contributed by atoms with van der Waals surface area (Å²) in [6, 6.07) is 13.6. The number of ketones is 1. The van der Waals surface area contributed by atoms with Crippen LogP contribution in [0.25, 0.3) is 21.3 Å². The monoisotopic (exact) mass is 465 g/mol. The number of non-ortho nitro benzene ring substituents is 1. The van der Waals surface area contributed by atoms with E-state index in [0.717, 1.165) is 22.9 Å². The molecule has 0 spiro atoms. The molecule has 0 atom stereocenters. The number of benzene rings is 2. The predicted octanol–water partition coefficient (Wildman–Crippen LogP) is 5.66. The number of Topliss-reactive ketones (excluding diaryl/α,β-unsaturated/α-hetero) is 1. The number of aromatic amines is 1. The highest BCUT2D eigenvalue weighted by atomic mass is 32.2. The zero-order chi connectivity index (χ0) is 22.8. The first-order valence-electron chi connectivity index (χ1n) is 9.86. The number of carbonyl (C=O) groups is 1. The molecule has 0 amide bonds. The summed E-state index contributed by atoms with van der Waals surface area (Å²) in [6.45, 7) is 4.27. The Labute approximate surface area is 191 Å². The van der Waals surface area contributed by atoms with Crippen LogP contribution in [0.1, 0.15) is 35.7 Å². The van der Waals surface area contributed by atoms with Crippen molar-refractivity contribution in [3.8, 4) is 11.1 Å². The SMILES string of the molecule is CC(C)c1ccc(-c2csc3nc(SCC(=O)c4ccc([N+](=O)[O-])cc4)[nH]c(=O)c23)cc1. The molecule has 0 saturated heterocycles. The number of fused-ring (bicyclic) bond motifs is 1. The van der Waals surface area contributed by atoms with Crippen LogP contribution in [0, 0.1) is 10.1 Å². The molecule has 162 valence electrons. The van der Waals surface area contributed by atoms with E-state index in [1.807, 2.05) is 17.5 Å². The molecule has 32 heavy (non-hydrogen) atoms. The molecular weight excluding hydrogens is 446 g/mol. The highest BCUT2D eigenvalue weighted by Gasteiger charge is 2.15. The normalized spacial score (nSPS) is 11.2. The van der Waals surface area contributed by atoms with Gasteiger partial charge in [0.25, 0.3) is 11.2 Å². The third-order valence-corrected chi connectivity index (χ3v) is 6.80. The smallest absolute Gasteiger partial charge is 0.269 e. The Bertz CT molecular complexity index is 1360. The number of nitro groups is 1. The number of nitro benzene ring substituents is 1. The van der Waals surface area contributed by atoms with Crippen LogP contribution in [0.4, 0.5) is 5.69 Å². The van der Waals surface area contributed by atoms with Gasteiger partial charge in [0, 0.05) is 28.6 Å². The van der Waals surface area contributed by atoms with Crippen LogP contribution in [0.2, 0.25) is 0 Å². The fraction of sp³-hybridized carbons (Fsp3) is 0.174. The Morgan fingerprint density at radius 1 is 1.16 bits per heavy atom. The second-order valence-electron chi connectivity index (χ2n) is 7.49. The van der Waals surface area contributed by atoms with Crippen LogP contribution in [0.15, 0.2) is 63.9 Å². The molecule has 0 saturated carbocycles. The van der Waals surface area contributed by atoms with Gasteiger partial charge >= 0.3 is 0 Å². The first-order chi connectivity index (χ1) is 15.3. The average Bonchev–Trinajstić information content (AvgIpc) is 3.22. The summed E-state index contributed by atoms with van der Waals surface area (Å²) in [6.07, 6.45) is 0. The topological polar surface area (TPSA) is 106 Å². The highest BCUT2D eigenvalue weighted by Crippen LogP contribution is 2.32. The molecule has 0 bridgehead atoms. The van der Waals surface area contributed by atoms with Crippen LogP contribution in [0.5, 0.6) is 0 Å². The number of nitrogens with zero attached hydrogens (tertiary/aromatic N) is 2. The number of hydrogen-bond acceptors (Lipinski definition) is 7. The largest absolute Gasteiger partial charge is 0.301 e. The fourth-order valence-corrected chi connectivity index (χ4v) is 5.00. The van der Waals surface area contributed by atoms with E-state index in [4.69, 9.17) is 0 Å². The molecule has 0 aliphatic rings. The first-order valence-corrected chi connectivity index (χ1v) is 11.7. The predicted molar refractivity (Wildman–Crippen MR) is 128 cm³/mol. The molecule has 0 radical (unpaired) electrons. The summed E-state index contributed by atoms with van der Waals surface area (Å²) in [4.78, 5) is 43.3. The number of thioether (sulfide) groups is 1. The van der Waals surface area contributed by atoms with Crippen molar-refractivity contribution in [2.75, 3.05) is 5.75 Å². The van der Waals surface area contributed by atoms with Crippen LogP contribution in [-0.2, 0) is 0 Å². The molecule has 7 nitrogen and oxygen atoms in total. The fourth-order valence-electron chi connectivity index (χ4n) is 3.24. The molecule has 0 aliphatic carbocycles. The van der Waals surface area contributed by atoms with Crippen molar-refractivity contribution in [2.24, 2.45) is 0 Å². The van der Waals surface area contributed by atoms with Gasteiger partial charge in [-0.05, 0) is 29.2 Å². The maximum absolute atomic E-state index is 12.8. The van der Waals surface area contributed by atoms with E-state index >= 15 is 0 Å². The number of aromatic nitrogens is 2. The highest BCUT2D eigenvalue weighted by molar-refractivity contribution is 7.99. The summed E-state index contributed by atoms with van der Waals surface area (Å²) in [5, 5.41) is 13.6. The van der Waals surface area contributed by atoms with Crippen molar-refractivity contribution >= 4 is 44.8 Å². The molecule has 0 unspecified atom stereocenters. The number of rotatable bonds is 7. The van der Waals surface area contributed by atoms with E-state index in [1.54, 1.807) is 0 Å². The zero-order valence-electron chi connectivity index (χ0n) is 17.3. The summed E-state index contributed by atoms with van der Waals surface area (Å²) in [7, 11) is 0. The first kappa shape index (κ1) is 21.9. The van der Waals surface area contributed by atoms with Crippen molar-refractivity contribution in [1.82, 2.24) is 9.97 Å². The van der Waals surface area contributed by atoms with Crippen molar-refractivity contribution in [2.45, 2.75) is 24.9 Å². The average molecular weight is 466 g/mol. The van der Waals surface area contributed by atoms with Crippen LogP contribution in [0.3, 0.4) is 0 Å². The lowest BCUT2D eigenvalue weighted by atomic mass is 9.99. The van der Waals surface area contributed by atoms with Crippen molar-refractivity contribution < 1.29 is 9.72 Å². The quantitative estimate of drug-likeness (QED) is 0.124. The molecule has 9 heteroatoms. The van der Waals surface area contributed by atoms with Gasteiger partial charge in [0.15, 0.2) is 10.9 Å². The maximum atomic E-state index is 12.8. The Hall–Kier alpha value is -3.30. The van der Waals surface area contributed by atoms with E-state index < -0.39 is 4.92 Å². The number of nitrogens with one attached hydrogen (secondary N) is 1. The second kappa shape index (κ2) is 9.05. The van der Waals surface area contributed by atoms with Gasteiger partial charge in [-0.25, -0.2) is 4.98 Å². The van der Waals surface area contributed by atoms with E-state index in [-0.39, 0.29) is 22.8 Å². The minimum absolute atomic E-state index is 0.0567. The summed E-state index contributed by atoms with van der Waals surface area (Å²) in [5.74, 6) is 0.285. The molecule has 2 aromatic carbocycles. The summed E-state index contributed by atoms with van der Waals surface area (Å²) >= 11 is 2.52. The number of carbonyl (C=O) groups excluding carboxylic acids is 1. The van der Waals surface area contributed by atoms with Gasteiger partial charge in [0.2, 0.25) is 0 Å². The van der Waals surface area contributed by atoms with E-state index in [1.165, 1.54) is 41.2 Å². The third kappa shape index (κ3) is 4.49. The lowest BCUT2D eigenvalue weighted by Gasteiger charge is -2.06. The minimum Gasteiger partial charge on any atom is -0.301 e. The Morgan fingerprint density at radius 2 is 1.84 bits per heavy atom. The molecular formula is C23H19N3O4S2. The van der Waals surface area contributed by atoms with Gasteiger partial charge in [-0.2, -0.15) is 0 Å². The zero-order valence-corrected chi connectivity index (χ0v) is 19.0. The molecule has 4 aromatic rings. The van der Waals surface area contributed by atoms with Gasteiger partial charge in [0.05, 0.1) is 16.1 Å². The molecule has 1 N–H and O–H groups in total. The standard InChI is InChI=1S/C23H19N3O4S2/c1-13(2)14-3-5-15(6-4-14)18-11-31-22-20(18)21(28)24-23(25-22)32-12-19(27)16-7-9-17(10-8-16)26(29)30/h3-11,13H,12H2,1-2H3,(H,24,25,28). The number of hydrogen-bond donors (Lipinski definition) is 1. The van der Waals surface area contributed by atoms with E-state index in [9.17, 15) is 19.7 Å². The van der Waals surface area contributed by atoms with Gasteiger partial charge in [-0.3, -0.25) is 19.7 Å². The van der Waals surface area contributed by atoms with Crippen molar-refractivity contribution in [3.05, 3.63) is 85.5 Å². The van der Waals surface area contributed by atoms with Gasteiger partial charge in [0.1, 0.15) is 4.83 Å². The van der Waals surface area contributed by atoms with E-state index in [0.29, 0.717) is 26.9 Å². The van der Waals surface area contributed by atoms with Crippen LogP contribution in [-0.4, -0.2) is 26.4 Å². The van der Waals surface area contributed by atoms with Gasteiger partial charge in [-0.15, -0.1) is 11.3 Å². The number of H-pyrrole nitrogens is 1. The second-order valence-corrected chi connectivity index (χ2v) is 9.32. The van der Waals surface area contributed by atoms with Crippen LogP contribution < -0.4 is 5.56 Å². The summed E-state index contributed by atoms with van der Waals surface area (Å²) < 4.78 is 0. The molecule has 2 heterocycles. The maximum Gasteiger partial charge on any atom is 0.269 e. The molecule has 2 aromatic heterocycles. The molecule has 4 rings (SSSR count). The van der Waals surface area contributed by atoms with Gasteiger partial charge in [-0.1, -0.05) is 49.9 Å². The summed E-state index contributed by atoms with van der Waals surface area (Å²) in [5.41, 5.74) is 3.09. The van der Waals surface area contributed by atoms with Gasteiger partial charge < -0.3 is 4.98 Å². The third-order valence-electron chi connectivity index (χ3n) is 5.05. The van der Waals surface area contributed by atoms with Crippen LogP contribution >= 0.6 is 23.1 Å². The lowest BCUT2D eigenvalue weighted by Crippen LogP contribution is -2.10. The molecule has 0 fully saturated rings. The Kier molecular flexibility index (Phi) is 6.20. The van der Waals surface area contributed by atoms with E-state index in [2.05, 4.69) is 35.9 Å². The Balaban J connectivity index is 1.53. The lowest BCUT2D eigenvalue weighted by molar-refractivity contribution is -0.384. The van der Waals surface area contributed by atoms with Crippen molar-refractivity contribution in [1.29, 1.82) is 0 Å². The Morgan fingerprint density at radius 3 is 2.47 bits per heavy atom. The number of thiophene rings is 1. The molecule has 0 aliphatic heterocycles. The van der Waals surface area contributed by atoms with Crippen molar-refractivity contribution in [3.63, 3.8) is 0 Å².